The van der Waals surface area contributed by atoms with Gasteiger partial charge in [0.2, 0.25) is 0 Å². The summed E-state index contributed by atoms with van der Waals surface area (Å²) in [6.07, 6.45) is 1.81. The van der Waals surface area contributed by atoms with E-state index >= 15 is 0 Å². The number of carbonyl (C=O) groups is 2. The zero-order valence-electron chi connectivity index (χ0n) is 17.0. The number of nitrogens with one attached hydrogen (secondary N) is 1. The topological polar surface area (TPSA) is 83.7 Å². The Balaban J connectivity index is 1.65. The van der Waals surface area contributed by atoms with Gasteiger partial charge in [-0.25, -0.2) is 9.79 Å². The van der Waals surface area contributed by atoms with Crippen LogP contribution >= 0.6 is 35.0 Å². The molecule has 0 radical (unpaired) electrons. The molecule has 2 aromatic carbocycles. The lowest BCUT2D eigenvalue weighted by molar-refractivity contribution is -0.115. The zero-order valence-corrected chi connectivity index (χ0v) is 19.3. The molecular weight excluding hydrogens is 469 g/mol. The molecule has 162 valence electrons. The maximum absolute atomic E-state index is 12.5. The fourth-order valence-corrected chi connectivity index (χ4v) is 4.71. The Bertz CT molecular complexity index is 1330. The Labute approximate surface area is 198 Å². The van der Waals surface area contributed by atoms with Gasteiger partial charge in [0.05, 0.1) is 21.2 Å². The molecule has 1 fully saturated rings. The summed E-state index contributed by atoms with van der Waals surface area (Å²) in [5, 5.41) is 13.2. The van der Waals surface area contributed by atoms with Gasteiger partial charge in [-0.05, 0) is 79.7 Å². The van der Waals surface area contributed by atoms with Crippen molar-refractivity contribution in [2.75, 3.05) is 0 Å². The van der Waals surface area contributed by atoms with E-state index in [0.29, 0.717) is 20.8 Å². The Kier molecular flexibility index (Phi) is 6.15. The van der Waals surface area contributed by atoms with Gasteiger partial charge in [0, 0.05) is 22.1 Å². The first kappa shape index (κ1) is 22.2. The molecule has 6 nitrogen and oxygen atoms in total. The summed E-state index contributed by atoms with van der Waals surface area (Å²) in [5.41, 5.74) is 4.12. The third-order valence-corrected chi connectivity index (χ3v) is 6.35. The largest absolute Gasteiger partial charge is 0.478 e. The van der Waals surface area contributed by atoms with Crippen molar-refractivity contribution < 1.29 is 14.7 Å². The number of aromatic carboxylic acids is 1. The second-order valence-corrected chi connectivity index (χ2v) is 8.97. The van der Waals surface area contributed by atoms with E-state index in [2.05, 4.69) is 10.3 Å². The number of amides is 1. The highest BCUT2D eigenvalue weighted by Crippen LogP contribution is 2.31. The standard InChI is InChI=1S/C23H17Cl2N3O3S/c1-12-8-14(13(2)28(12)17-6-7-18(22(30)31)19(25)11-17)9-20-21(29)27-23(32-20)26-16-5-3-4-15(24)10-16/h3-11H,1-2H3,(H,30,31)(H,26,27,29)/b20-9-. The van der Waals surface area contributed by atoms with E-state index in [1.807, 2.05) is 36.6 Å². The van der Waals surface area contributed by atoms with Crippen molar-refractivity contribution in [3.63, 3.8) is 0 Å². The monoisotopic (exact) mass is 485 g/mol. The number of rotatable bonds is 4. The second-order valence-electron chi connectivity index (χ2n) is 7.09. The van der Waals surface area contributed by atoms with Crippen molar-refractivity contribution in [3.8, 4) is 5.69 Å². The van der Waals surface area contributed by atoms with Crippen molar-refractivity contribution in [1.29, 1.82) is 0 Å². The van der Waals surface area contributed by atoms with Crippen molar-refractivity contribution in [2.24, 2.45) is 4.99 Å². The maximum Gasteiger partial charge on any atom is 0.337 e. The number of amidine groups is 1. The van der Waals surface area contributed by atoms with Crippen molar-refractivity contribution in [3.05, 3.63) is 86.0 Å². The molecule has 0 atom stereocenters. The summed E-state index contributed by atoms with van der Waals surface area (Å²) >= 11 is 13.4. The number of aryl methyl sites for hydroxylation is 1. The van der Waals surface area contributed by atoms with E-state index in [1.165, 1.54) is 17.8 Å². The van der Waals surface area contributed by atoms with Gasteiger partial charge in [0.1, 0.15) is 0 Å². The fraction of sp³-hybridized carbons (Fsp3) is 0.0870. The lowest BCUT2D eigenvalue weighted by Gasteiger charge is -2.11. The highest BCUT2D eigenvalue weighted by molar-refractivity contribution is 8.18. The molecule has 0 aliphatic carbocycles. The lowest BCUT2D eigenvalue weighted by atomic mass is 10.2. The molecule has 9 heteroatoms. The Hall–Kier alpha value is -3.00. The van der Waals surface area contributed by atoms with Crippen LogP contribution in [0.1, 0.15) is 27.3 Å². The molecule has 1 saturated heterocycles. The normalized spacial score (nSPS) is 16.1. The van der Waals surface area contributed by atoms with Crippen LogP contribution in [0.4, 0.5) is 5.69 Å². The summed E-state index contributed by atoms with van der Waals surface area (Å²) in [5.74, 6) is -1.30. The van der Waals surface area contributed by atoms with Crippen LogP contribution in [-0.2, 0) is 4.79 Å². The fourth-order valence-electron chi connectivity index (χ4n) is 3.43. The van der Waals surface area contributed by atoms with Gasteiger partial charge in [0.15, 0.2) is 5.17 Å². The van der Waals surface area contributed by atoms with Crippen LogP contribution in [0.3, 0.4) is 0 Å². The molecule has 32 heavy (non-hydrogen) atoms. The number of nitrogens with zero attached hydrogens (tertiary/aromatic N) is 2. The minimum Gasteiger partial charge on any atom is -0.478 e. The van der Waals surface area contributed by atoms with Crippen molar-refractivity contribution in [2.45, 2.75) is 13.8 Å². The van der Waals surface area contributed by atoms with Crippen LogP contribution in [0.15, 0.2) is 58.4 Å². The van der Waals surface area contributed by atoms with Crippen LogP contribution in [0.25, 0.3) is 11.8 Å². The highest BCUT2D eigenvalue weighted by Gasteiger charge is 2.25. The quantitative estimate of drug-likeness (QED) is 0.444. The number of halogens is 2. The second kappa shape index (κ2) is 8.86. The van der Waals surface area contributed by atoms with E-state index in [-0.39, 0.29) is 16.5 Å². The van der Waals surface area contributed by atoms with Crippen LogP contribution in [0.2, 0.25) is 10.0 Å². The van der Waals surface area contributed by atoms with Gasteiger partial charge >= 0.3 is 5.97 Å². The molecule has 3 aromatic rings. The van der Waals surface area contributed by atoms with E-state index in [4.69, 9.17) is 23.2 Å². The van der Waals surface area contributed by atoms with Crippen LogP contribution in [-0.4, -0.2) is 26.7 Å². The first-order valence-electron chi connectivity index (χ1n) is 9.50. The molecule has 1 aliphatic heterocycles. The van der Waals surface area contributed by atoms with Gasteiger partial charge < -0.3 is 15.0 Å². The Morgan fingerprint density at radius 2 is 1.94 bits per heavy atom. The molecule has 1 aliphatic rings. The Morgan fingerprint density at radius 3 is 2.62 bits per heavy atom. The minimum absolute atomic E-state index is 0.0470. The van der Waals surface area contributed by atoms with E-state index in [9.17, 15) is 14.7 Å². The predicted octanol–water partition coefficient (Wildman–Crippen LogP) is 5.99. The number of carbonyl (C=O) groups excluding carboxylic acids is 1. The molecular formula is C23H17Cl2N3O3S. The number of hydrogen-bond acceptors (Lipinski definition) is 4. The third-order valence-electron chi connectivity index (χ3n) is 4.89. The van der Waals surface area contributed by atoms with Crippen LogP contribution < -0.4 is 5.32 Å². The van der Waals surface area contributed by atoms with Gasteiger partial charge in [-0.15, -0.1) is 0 Å². The molecule has 2 N–H and O–H groups in total. The number of benzene rings is 2. The minimum atomic E-state index is -1.08. The molecule has 0 unspecified atom stereocenters. The highest BCUT2D eigenvalue weighted by atomic mass is 35.5. The van der Waals surface area contributed by atoms with Gasteiger partial charge in [-0.3, -0.25) is 4.79 Å². The number of hydrogen-bond donors (Lipinski definition) is 2. The Morgan fingerprint density at radius 1 is 1.16 bits per heavy atom. The molecule has 1 amide bonds. The van der Waals surface area contributed by atoms with Crippen molar-refractivity contribution in [1.82, 2.24) is 9.88 Å². The van der Waals surface area contributed by atoms with Crippen molar-refractivity contribution >= 4 is 63.8 Å². The number of carboxylic acids is 1. The average molecular weight is 486 g/mol. The molecule has 2 heterocycles. The predicted molar refractivity (Wildman–Crippen MR) is 129 cm³/mol. The number of aromatic nitrogens is 1. The SMILES string of the molecule is Cc1cc(/C=C2\SC(=Nc3cccc(Cl)c3)NC2=O)c(C)n1-c1ccc(C(=O)O)c(Cl)c1. The van der Waals surface area contributed by atoms with Gasteiger partial charge in [0.25, 0.3) is 5.91 Å². The number of thioether (sulfide) groups is 1. The lowest BCUT2D eigenvalue weighted by Crippen LogP contribution is -2.19. The summed E-state index contributed by atoms with van der Waals surface area (Å²) in [7, 11) is 0. The van der Waals surface area contributed by atoms with E-state index in [1.54, 1.807) is 30.3 Å². The molecule has 0 bridgehead atoms. The average Bonchev–Trinajstić information content (AvgIpc) is 3.19. The summed E-state index contributed by atoms with van der Waals surface area (Å²) in [6, 6.07) is 13.9. The van der Waals surface area contributed by atoms with Gasteiger partial charge in [-0.2, -0.15) is 0 Å². The summed E-state index contributed by atoms with van der Waals surface area (Å²) in [4.78, 5) is 28.7. The summed E-state index contributed by atoms with van der Waals surface area (Å²) in [6.45, 7) is 3.86. The molecule has 0 spiro atoms. The van der Waals surface area contributed by atoms with Crippen LogP contribution in [0.5, 0.6) is 0 Å². The number of aliphatic imine (C=N–C) groups is 1. The zero-order chi connectivity index (χ0) is 23.0. The number of carboxylic acid groups (broad SMARTS) is 1. The first-order valence-corrected chi connectivity index (χ1v) is 11.1. The third kappa shape index (κ3) is 4.46. The van der Waals surface area contributed by atoms with Gasteiger partial charge in [-0.1, -0.05) is 29.3 Å². The smallest absolute Gasteiger partial charge is 0.337 e. The first-order chi connectivity index (χ1) is 15.2. The summed E-state index contributed by atoms with van der Waals surface area (Å²) < 4.78 is 1.96. The molecule has 1 aromatic heterocycles. The molecule has 4 rings (SSSR count). The van der Waals surface area contributed by atoms with Crippen LogP contribution in [0, 0.1) is 13.8 Å². The maximum atomic E-state index is 12.5. The molecule has 0 saturated carbocycles. The van der Waals surface area contributed by atoms with E-state index in [0.717, 1.165) is 22.6 Å². The van der Waals surface area contributed by atoms with E-state index < -0.39 is 5.97 Å².